The van der Waals surface area contributed by atoms with Crippen molar-refractivity contribution in [2.24, 2.45) is 0 Å². The molecule has 0 aliphatic carbocycles. The highest BCUT2D eigenvalue weighted by molar-refractivity contribution is 5.56. The van der Waals surface area contributed by atoms with Gasteiger partial charge in [0.1, 0.15) is 5.75 Å². The van der Waals surface area contributed by atoms with Crippen molar-refractivity contribution in [3.05, 3.63) is 48.8 Å². The lowest BCUT2D eigenvalue weighted by atomic mass is 10.1. The molecule has 0 radical (unpaired) electrons. The van der Waals surface area contributed by atoms with Crippen LogP contribution in [0.1, 0.15) is 71.6 Å². The third kappa shape index (κ3) is 11.3. The first-order chi connectivity index (χ1) is 15.8. The molecule has 1 aromatic heterocycles. The maximum absolute atomic E-state index is 5.80. The monoisotopic (exact) mass is 440 g/mol. The van der Waals surface area contributed by atoms with Gasteiger partial charge in [0.15, 0.2) is 11.6 Å². The van der Waals surface area contributed by atoms with Crippen molar-refractivity contribution in [3.63, 3.8) is 0 Å². The number of ether oxygens (including phenoxy) is 3. The van der Waals surface area contributed by atoms with Crippen molar-refractivity contribution in [2.75, 3.05) is 26.4 Å². The van der Waals surface area contributed by atoms with Crippen LogP contribution in [0.5, 0.6) is 11.5 Å². The number of hydrogen-bond donors (Lipinski definition) is 0. The summed E-state index contributed by atoms with van der Waals surface area (Å²) in [6.07, 6.45) is 18.3. The molecule has 0 saturated carbocycles. The lowest BCUT2D eigenvalue weighted by Crippen LogP contribution is -2.01. The zero-order valence-electron chi connectivity index (χ0n) is 19.9. The largest absolute Gasteiger partial charge is 0.494 e. The molecule has 5 heteroatoms. The fourth-order valence-corrected chi connectivity index (χ4v) is 3.15. The molecule has 1 heterocycles. The average molecular weight is 441 g/mol. The summed E-state index contributed by atoms with van der Waals surface area (Å²) < 4.78 is 17.0. The summed E-state index contributed by atoms with van der Waals surface area (Å²) in [5.41, 5.74) is 0.961. The van der Waals surface area contributed by atoms with Gasteiger partial charge in [-0.3, -0.25) is 0 Å². The number of hydrogen-bond acceptors (Lipinski definition) is 5. The number of rotatable bonds is 18. The molecular weight excluding hydrogens is 400 g/mol. The summed E-state index contributed by atoms with van der Waals surface area (Å²) in [5, 5.41) is 0. The normalized spacial score (nSPS) is 11.2. The summed E-state index contributed by atoms with van der Waals surface area (Å²) in [5.74, 6) is 2.25. The number of unbranched alkanes of at least 4 members (excludes halogenated alkanes) is 5. The van der Waals surface area contributed by atoms with E-state index < -0.39 is 0 Å². The molecule has 2 rings (SSSR count). The molecule has 0 N–H and O–H groups in total. The Morgan fingerprint density at radius 2 is 1.38 bits per heavy atom. The summed E-state index contributed by atoms with van der Waals surface area (Å²) in [6, 6.07) is 7.90. The lowest BCUT2D eigenvalue weighted by molar-refractivity contribution is 0.127. The minimum absolute atomic E-state index is 0.644. The standard InChI is InChI=1S/C27H40N2O3/c1-3-5-6-7-8-9-10-11-20-32-26-22-28-27(29-23-26)24-14-16-25(17-15-24)31-21-13-12-19-30-18-4-2/h9-10,14-17,22-23H,3-8,11-13,18-21H2,1-2H3. The Hall–Kier alpha value is -2.40. The van der Waals surface area contributed by atoms with E-state index in [-0.39, 0.29) is 0 Å². The minimum Gasteiger partial charge on any atom is -0.494 e. The molecule has 0 bridgehead atoms. The molecule has 0 spiro atoms. The Balaban J connectivity index is 1.64. The van der Waals surface area contributed by atoms with Gasteiger partial charge in [0.05, 0.1) is 25.6 Å². The second-order valence-electron chi connectivity index (χ2n) is 7.89. The quantitative estimate of drug-likeness (QED) is 0.184. The molecule has 0 aliphatic heterocycles. The van der Waals surface area contributed by atoms with Gasteiger partial charge in [-0.25, -0.2) is 9.97 Å². The van der Waals surface area contributed by atoms with Gasteiger partial charge in [-0.15, -0.1) is 0 Å². The van der Waals surface area contributed by atoms with Crippen LogP contribution in [0.4, 0.5) is 0 Å². The smallest absolute Gasteiger partial charge is 0.159 e. The van der Waals surface area contributed by atoms with Crippen LogP contribution in [0.2, 0.25) is 0 Å². The van der Waals surface area contributed by atoms with E-state index >= 15 is 0 Å². The SMILES string of the molecule is CCCCCCC=CCCOc1cnc(-c2ccc(OCCCCOCCC)cc2)nc1. The van der Waals surface area contributed by atoms with Crippen molar-refractivity contribution >= 4 is 0 Å². The first-order valence-electron chi connectivity index (χ1n) is 12.2. The minimum atomic E-state index is 0.644. The van der Waals surface area contributed by atoms with Crippen LogP contribution in [-0.4, -0.2) is 36.4 Å². The summed E-state index contributed by atoms with van der Waals surface area (Å²) in [6.45, 7) is 7.35. The van der Waals surface area contributed by atoms with Gasteiger partial charge < -0.3 is 14.2 Å². The van der Waals surface area contributed by atoms with Gasteiger partial charge in [-0.1, -0.05) is 45.3 Å². The fourth-order valence-electron chi connectivity index (χ4n) is 3.15. The van der Waals surface area contributed by atoms with Crippen molar-refractivity contribution in [1.29, 1.82) is 0 Å². The van der Waals surface area contributed by atoms with Gasteiger partial charge >= 0.3 is 0 Å². The predicted molar refractivity (Wildman–Crippen MR) is 131 cm³/mol. The molecule has 1 aromatic carbocycles. The molecule has 176 valence electrons. The molecular formula is C27H40N2O3. The van der Waals surface area contributed by atoms with Crippen LogP contribution in [0, 0.1) is 0 Å². The zero-order chi connectivity index (χ0) is 22.7. The Kier molecular flexibility index (Phi) is 13.9. The maximum atomic E-state index is 5.80. The summed E-state index contributed by atoms with van der Waals surface area (Å²) >= 11 is 0. The number of benzene rings is 1. The zero-order valence-corrected chi connectivity index (χ0v) is 19.9. The first kappa shape index (κ1) is 25.9. The Morgan fingerprint density at radius 1 is 0.656 bits per heavy atom. The third-order valence-corrected chi connectivity index (χ3v) is 4.99. The van der Waals surface area contributed by atoms with Crippen molar-refractivity contribution in [1.82, 2.24) is 9.97 Å². The van der Waals surface area contributed by atoms with E-state index in [0.717, 1.165) is 56.6 Å². The molecule has 0 amide bonds. The Labute approximate surface area is 194 Å². The van der Waals surface area contributed by atoms with Crippen molar-refractivity contribution in [2.45, 2.75) is 71.6 Å². The molecule has 0 saturated heterocycles. The Morgan fingerprint density at radius 3 is 2.12 bits per heavy atom. The number of nitrogens with zero attached hydrogens (tertiary/aromatic N) is 2. The molecule has 0 atom stereocenters. The highest BCUT2D eigenvalue weighted by atomic mass is 16.5. The third-order valence-electron chi connectivity index (χ3n) is 4.99. The molecule has 0 aliphatic rings. The number of allylic oxidation sites excluding steroid dienone is 1. The maximum Gasteiger partial charge on any atom is 0.159 e. The number of aromatic nitrogens is 2. The van der Waals surface area contributed by atoms with E-state index in [0.29, 0.717) is 24.8 Å². The van der Waals surface area contributed by atoms with Crippen LogP contribution >= 0.6 is 0 Å². The first-order valence-corrected chi connectivity index (χ1v) is 12.2. The topological polar surface area (TPSA) is 53.5 Å². The molecule has 2 aromatic rings. The molecule has 32 heavy (non-hydrogen) atoms. The summed E-state index contributed by atoms with van der Waals surface area (Å²) in [4.78, 5) is 8.88. The van der Waals surface area contributed by atoms with Crippen LogP contribution in [0.25, 0.3) is 11.4 Å². The van der Waals surface area contributed by atoms with Crippen molar-refractivity contribution in [3.8, 4) is 22.9 Å². The van der Waals surface area contributed by atoms with Gasteiger partial charge in [-0.2, -0.15) is 0 Å². The van der Waals surface area contributed by atoms with Crippen molar-refractivity contribution < 1.29 is 14.2 Å². The van der Waals surface area contributed by atoms with Gasteiger partial charge in [0.25, 0.3) is 0 Å². The second-order valence-corrected chi connectivity index (χ2v) is 7.89. The predicted octanol–water partition coefficient (Wildman–Crippen LogP) is 7.02. The van der Waals surface area contributed by atoms with Crippen LogP contribution in [0.3, 0.4) is 0 Å². The second kappa shape index (κ2) is 17.2. The Bertz CT molecular complexity index is 730. The highest BCUT2D eigenvalue weighted by Gasteiger charge is 2.03. The molecule has 0 unspecified atom stereocenters. The molecule has 0 fully saturated rings. The van der Waals surface area contributed by atoms with E-state index in [2.05, 4.69) is 36.0 Å². The van der Waals surface area contributed by atoms with Crippen LogP contribution in [0.15, 0.2) is 48.8 Å². The van der Waals surface area contributed by atoms with Crippen LogP contribution < -0.4 is 9.47 Å². The van der Waals surface area contributed by atoms with Crippen LogP contribution in [-0.2, 0) is 4.74 Å². The van der Waals surface area contributed by atoms with Gasteiger partial charge in [0, 0.05) is 18.8 Å². The molecule has 5 nitrogen and oxygen atoms in total. The lowest BCUT2D eigenvalue weighted by Gasteiger charge is -2.08. The van der Waals surface area contributed by atoms with E-state index in [1.165, 1.54) is 25.7 Å². The van der Waals surface area contributed by atoms with E-state index in [1.54, 1.807) is 12.4 Å². The fraction of sp³-hybridized carbons (Fsp3) is 0.556. The van der Waals surface area contributed by atoms with E-state index in [4.69, 9.17) is 14.2 Å². The summed E-state index contributed by atoms with van der Waals surface area (Å²) in [7, 11) is 0. The average Bonchev–Trinajstić information content (AvgIpc) is 2.83. The van der Waals surface area contributed by atoms with E-state index in [1.807, 2.05) is 24.3 Å². The van der Waals surface area contributed by atoms with Gasteiger partial charge in [0.2, 0.25) is 0 Å². The van der Waals surface area contributed by atoms with Gasteiger partial charge in [-0.05, 0) is 62.8 Å². The van der Waals surface area contributed by atoms with E-state index in [9.17, 15) is 0 Å². The highest BCUT2D eigenvalue weighted by Crippen LogP contribution is 2.20.